The van der Waals surface area contributed by atoms with Gasteiger partial charge < -0.3 is 9.84 Å². The Kier molecular flexibility index (Phi) is 2.05. The van der Waals surface area contributed by atoms with Gasteiger partial charge in [-0.25, -0.2) is 0 Å². The molecule has 90 valence electrons. The molecular weight excluding hydrogens is 218 g/mol. The third kappa shape index (κ3) is 1.07. The second kappa shape index (κ2) is 3.18. The van der Waals surface area contributed by atoms with Crippen molar-refractivity contribution in [2.24, 2.45) is 17.3 Å². The Morgan fingerprint density at radius 2 is 2.35 bits per heavy atom. The number of hydrogen-bond donors (Lipinski definition) is 1. The normalized spacial score (nSPS) is 51.4. The van der Waals surface area contributed by atoms with E-state index in [9.17, 15) is 15.2 Å². The van der Waals surface area contributed by atoms with Gasteiger partial charge in [0.15, 0.2) is 5.78 Å². The van der Waals surface area contributed by atoms with Crippen LogP contribution < -0.4 is 0 Å². The smallest absolute Gasteiger partial charge is 0.165 e. The number of allylic oxidation sites excluding steroid dienone is 1. The predicted molar refractivity (Wildman–Crippen MR) is 58.8 cm³/mol. The fourth-order valence-electron chi connectivity index (χ4n) is 3.93. The number of fused-ring (bicyclic) bond motifs is 2. The number of nitrogens with zero attached hydrogens (tertiary/aromatic N) is 1. The van der Waals surface area contributed by atoms with E-state index in [0.29, 0.717) is 19.3 Å². The van der Waals surface area contributed by atoms with Crippen molar-refractivity contribution in [2.45, 2.75) is 31.0 Å². The molecule has 0 heterocycles. The quantitative estimate of drug-likeness (QED) is 0.680. The Labute approximate surface area is 99.9 Å². The maximum Gasteiger partial charge on any atom is 0.165 e. The summed E-state index contributed by atoms with van der Waals surface area (Å²) in [6.07, 6.45) is 4.84. The van der Waals surface area contributed by atoms with Crippen LogP contribution >= 0.6 is 0 Å². The molecule has 0 unspecified atom stereocenters. The Hall–Kier alpha value is -1.18. The van der Waals surface area contributed by atoms with Gasteiger partial charge in [-0.3, -0.25) is 4.79 Å². The van der Waals surface area contributed by atoms with Crippen molar-refractivity contribution in [1.29, 1.82) is 5.26 Å². The molecule has 0 aromatic heterocycles. The maximum atomic E-state index is 12.5. The monoisotopic (exact) mass is 233 g/mol. The van der Waals surface area contributed by atoms with Crippen molar-refractivity contribution < 1.29 is 14.6 Å². The molecule has 0 aromatic carbocycles. The summed E-state index contributed by atoms with van der Waals surface area (Å²) in [7, 11) is 1.51. The number of methoxy groups -OCH3 is 1. The zero-order valence-electron chi connectivity index (χ0n) is 9.72. The molecule has 4 heteroatoms. The lowest BCUT2D eigenvalue weighted by molar-refractivity contribution is -0.196. The predicted octanol–water partition coefficient (Wildman–Crippen LogP) is 0.811. The van der Waals surface area contributed by atoms with Gasteiger partial charge >= 0.3 is 0 Å². The summed E-state index contributed by atoms with van der Waals surface area (Å²) in [5, 5.41) is 20.1. The number of ketones is 1. The molecule has 1 N–H and O–H groups in total. The summed E-state index contributed by atoms with van der Waals surface area (Å²) in [6, 6.07) is 2.22. The number of hydrogen-bond acceptors (Lipinski definition) is 4. The van der Waals surface area contributed by atoms with Crippen LogP contribution in [0.25, 0.3) is 0 Å². The first-order valence-electron chi connectivity index (χ1n) is 5.96. The minimum absolute atomic E-state index is 0.112. The Morgan fingerprint density at radius 1 is 1.59 bits per heavy atom. The Bertz CT molecular complexity index is 452. The van der Waals surface area contributed by atoms with Crippen LogP contribution in [-0.2, 0) is 9.53 Å². The van der Waals surface area contributed by atoms with Crippen LogP contribution in [0.4, 0.5) is 0 Å². The molecule has 4 nitrogen and oxygen atoms in total. The van der Waals surface area contributed by atoms with E-state index >= 15 is 0 Å². The summed E-state index contributed by atoms with van der Waals surface area (Å²) in [6.45, 7) is 0. The van der Waals surface area contributed by atoms with Crippen LogP contribution in [0.1, 0.15) is 19.3 Å². The minimum Gasteiger partial charge on any atom is -0.389 e. The molecule has 0 aliphatic heterocycles. The van der Waals surface area contributed by atoms with E-state index < -0.39 is 23.0 Å². The van der Waals surface area contributed by atoms with Gasteiger partial charge in [0.1, 0.15) is 5.41 Å². The van der Waals surface area contributed by atoms with Crippen LogP contribution in [0.3, 0.4) is 0 Å². The molecule has 3 saturated carbocycles. The van der Waals surface area contributed by atoms with Gasteiger partial charge in [0.05, 0.1) is 23.7 Å². The first-order valence-corrected chi connectivity index (χ1v) is 5.96. The highest BCUT2D eigenvalue weighted by Gasteiger charge is 2.69. The Morgan fingerprint density at radius 3 is 3.00 bits per heavy atom. The molecule has 0 amide bonds. The van der Waals surface area contributed by atoms with Crippen molar-refractivity contribution in [1.82, 2.24) is 0 Å². The number of ether oxygens (including phenoxy) is 1. The van der Waals surface area contributed by atoms with Crippen molar-refractivity contribution in [3.63, 3.8) is 0 Å². The number of Topliss-reactive ketones (excluding diaryl/α,β-unsaturated/α-hetero) is 1. The summed E-state index contributed by atoms with van der Waals surface area (Å²) in [4.78, 5) is 12.5. The van der Waals surface area contributed by atoms with E-state index in [0.717, 1.165) is 0 Å². The molecule has 5 aliphatic carbocycles. The molecule has 5 rings (SSSR count). The highest BCUT2D eigenvalue weighted by Crippen LogP contribution is 2.59. The lowest BCUT2D eigenvalue weighted by Gasteiger charge is -2.56. The van der Waals surface area contributed by atoms with E-state index in [1.807, 2.05) is 6.08 Å². The van der Waals surface area contributed by atoms with Gasteiger partial charge in [-0.05, 0) is 18.8 Å². The van der Waals surface area contributed by atoms with Crippen molar-refractivity contribution in [3.05, 3.63) is 12.2 Å². The largest absolute Gasteiger partial charge is 0.389 e. The summed E-state index contributed by atoms with van der Waals surface area (Å²) >= 11 is 0. The van der Waals surface area contributed by atoms with Crippen LogP contribution in [-0.4, -0.2) is 29.7 Å². The molecule has 5 atom stereocenters. The molecule has 0 aromatic rings. The van der Waals surface area contributed by atoms with Gasteiger partial charge in [0.25, 0.3) is 0 Å². The maximum absolute atomic E-state index is 12.5. The van der Waals surface area contributed by atoms with E-state index in [1.54, 1.807) is 6.08 Å². The standard InChI is InChI=1S/C13H15NO3/c1-17-10-6-12(16)5-8-3-2-4-9(12)11(15)13(8,10)7-14/h2,4,8-10,16H,3,5-6H2,1H3/t8-,9-,10+,12-,13-/m1/s1. The highest BCUT2D eigenvalue weighted by atomic mass is 16.5. The van der Waals surface area contributed by atoms with Gasteiger partial charge in [0, 0.05) is 13.5 Å². The zero-order valence-corrected chi connectivity index (χ0v) is 9.72. The minimum atomic E-state index is -1.05. The number of rotatable bonds is 1. The van der Waals surface area contributed by atoms with Crippen LogP contribution in [0.15, 0.2) is 12.2 Å². The van der Waals surface area contributed by atoms with Crippen molar-refractivity contribution in [2.75, 3.05) is 7.11 Å². The second-order valence-electron chi connectivity index (χ2n) is 5.42. The van der Waals surface area contributed by atoms with E-state index in [-0.39, 0.29) is 11.7 Å². The first-order chi connectivity index (χ1) is 8.08. The molecule has 3 fully saturated rings. The van der Waals surface area contributed by atoms with E-state index in [2.05, 4.69) is 6.07 Å². The summed E-state index contributed by atoms with van der Waals surface area (Å²) < 4.78 is 5.33. The Balaban J connectivity index is 2.20. The third-order valence-electron chi connectivity index (χ3n) is 4.78. The highest BCUT2D eigenvalue weighted by molar-refractivity contribution is 5.95. The molecule has 4 bridgehead atoms. The average Bonchev–Trinajstić information content (AvgIpc) is 2.54. The van der Waals surface area contributed by atoms with Gasteiger partial charge in [-0.2, -0.15) is 5.26 Å². The van der Waals surface area contributed by atoms with Crippen LogP contribution in [0.5, 0.6) is 0 Å². The lowest BCUT2D eigenvalue weighted by atomic mass is 9.48. The molecule has 0 saturated heterocycles. The summed E-state index contributed by atoms with van der Waals surface area (Å²) in [5.74, 6) is -0.781. The second-order valence-corrected chi connectivity index (χ2v) is 5.42. The first kappa shape index (κ1) is 10.9. The topological polar surface area (TPSA) is 70.3 Å². The third-order valence-corrected chi connectivity index (χ3v) is 4.78. The van der Waals surface area contributed by atoms with E-state index in [4.69, 9.17) is 4.74 Å². The molecular formula is C13H15NO3. The SMILES string of the molecule is CO[C@H]1C[C@]2(O)C[C@H]3CC=C[C@@H]2C(=O)[C@]31C#N. The van der Waals surface area contributed by atoms with Crippen molar-refractivity contribution in [3.8, 4) is 6.07 Å². The molecule has 17 heavy (non-hydrogen) atoms. The lowest BCUT2D eigenvalue weighted by Crippen LogP contribution is -2.67. The van der Waals surface area contributed by atoms with Gasteiger partial charge in [-0.15, -0.1) is 0 Å². The van der Waals surface area contributed by atoms with Crippen LogP contribution in [0.2, 0.25) is 0 Å². The fraction of sp³-hybridized carbons (Fsp3) is 0.692. The van der Waals surface area contributed by atoms with Crippen LogP contribution in [0, 0.1) is 28.6 Å². The number of carbonyl (C=O) groups excluding carboxylic acids is 1. The van der Waals surface area contributed by atoms with E-state index in [1.165, 1.54) is 7.11 Å². The number of carbonyl (C=O) groups is 1. The molecule has 0 radical (unpaired) electrons. The molecule has 0 spiro atoms. The number of aliphatic hydroxyl groups is 1. The average molecular weight is 233 g/mol. The summed E-state index contributed by atoms with van der Waals surface area (Å²) in [5.41, 5.74) is -2.05. The zero-order chi connectivity index (χ0) is 12.3. The van der Waals surface area contributed by atoms with Gasteiger partial charge in [-0.1, -0.05) is 12.2 Å². The fourth-order valence-corrected chi connectivity index (χ4v) is 3.93. The van der Waals surface area contributed by atoms with Gasteiger partial charge in [0.2, 0.25) is 0 Å². The number of nitriles is 1. The van der Waals surface area contributed by atoms with Crippen molar-refractivity contribution >= 4 is 5.78 Å². The molecule has 5 aliphatic rings.